The molecule has 29 heavy (non-hydrogen) atoms. The number of rotatable bonds is 11. The van der Waals surface area contributed by atoms with Gasteiger partial charge in [0.05, 0.1) is 18.5 Å². The third-order valence-electron chi connectivity index (χ3n) is 4.48. The summed E-state index contributed by atoms with van der Waals surface area (Å²) in [4.78, 5) is 12.0. The first-order valence-corrected chi connectivity index (χ1v) is 11.7. The van der Waals surface area contributed by atoms with Gasteiger partial charge in [-0.05, 0) is 55.2 Å². The Morgan fingerprint density at radius 3 is 2.48 bits per heavy atom. The molecule has 0 bridgehead atoms. The first kappa shape index (κ1) is 22.7. The third-order valence-corrected chi connectivity index (χ3v) is 5.67. The van der Waals surface area contributed by atoms with Crippen LogP contribution in [-0.4, -0.2) is 40.3 Å². The van der Waals surface area contributed by atoms with Crippen LogP contribution in [0.15, 0.2) is 48.5 Å². The van der Waals surface area contributed by atoms with Crippen LogP contribution in [0, 0.1) is 6.92 Å². The van der Waals surface area contributed by atoms with Crippen molar-refractivity contribution in [2.24, 2.45) is 0 Å². The summed E-state index contributed by atoms with van der Waals surface area (Å²) >= 11 is 0. The van der Waals surface area contributed by atoms with Crippen molar-refractivity contribution in [1.29, 1.82) is 0 Å². The fourth-order valence-corrected chi connectivity index (χ4v) is 3.88. The predicted octanol–water partition coefficient (Wildman–Crippen LogP) is 3.30. The molecule has 7 heteroatoms. The van der Waals surface area contributed by atoms with Crippen LogP contribution in [0.25, 0.3) is 0 Å². The number of carbonyl (C=O) groups excluding carboxylic acids is 1. The van der Waals surface area contributed by atoms with Gasteiger partial charge in [0.2, 0.25) is 15.9 Å². The van der Waals surface area contributed by atoms with E-state index in [0.717, 1.165) is 17.7 Å². The Bertz CT molecular complexity index is 895. The van der Waals surface area contributed by atoms with Gasteiger partial charge in [-0.1, -0.05) is 31.2 Å². The van der Waals surface area contributed by atoms with Gasteiger partial charge in [0, 0.05) is 13.0 Å². The molecule has 0 aromatic heterocycles. The van der Waals surface area contributed by atoms with E-state index in [1.807, 2.05) is 49.4 Å². The summed E-state index contributed by atoms with van der Waals surface area (Å²) in [5.74, 6) is 0.658. The Morgan fingerprint density at radius 1 is 1.14 bits per heavy atom. The molecule has 0 aliphatic rings. The summed E-state index contributed by atoms with van der Waals surface area (Å²) in [6.07, 6.45) is 2.85. The van der Waals surface area contributed by atoms with Crippen molar-refractivity contribution in [3.05, 3.63) is 59.7 Å². The lowest BCUT2D eigenvalue weighted by atomic mass is 10.2. The van der Waals surface area contributed by atoms with E-state index in [9.17, 15) is 13.2 Å². The van der Waals surface area contributed by atoms with Gasteiger partial charge in [0.1, 0.15) is 12.4 Å². The predicted molar refractivity (Wildman–Crippen MR) is 117 cm³/mol. The highest BCUT2D eigenvalue weighted by molar-refractivity contribution is 7.92. The molecule has 1 amide bonds. The zero-order valence-corrected chi connectivity index (χ0v) is 18.2. The number of amides is 1. The highest BCUT2D eigenvalue weighted by atomic mass is 32.2. The molecule has 0 spiro atoms. The molecular formula is C22H30N2O4S. The summed E-state index contributed by atoms with van der Waals surface area (Å²) in [5, 5.41) is 2.80. The quantitative estimate of drug-likeness (QED) is 0.568. The highest BCUT2D eigenvalue weighted by Gasteiger charge is 2.17. The number of ether oxygens (including phenoxy) is 1. The molecule has 0 heterocycles. The average Bonchev–Trinajstić information content (AvgIpc) is 2.68. The zero-order valence-electron chi connectivity index (χ0n) is 17.3. The van der Waals surface area contributed by atoms with Crippen LogP contribution in [0.1, 0.15) is 30.9 Å². The van der Waals surface area contributed by atoms with E-state index < -0.39 is 10.0 Å². The van der Waals surface area contributed by atoms with Crippen molar-refractivity contribution >= 4 is 21.6 Å². The van der Waals surface area contributed by atoms with Crippen molar-refractivity contribution < 1.29 is 17.9 Å². The Morgan fingerprint density at radius 2 is 1.86 bits per heavy atom. The molecule has 0 radical (unpaired) electrons. The highest BCUT2D eigenvalue weighted by Crippen LogP contribution is 2.19. The van der Waals surface area contributed by atoms with E-state index in [0.29, 0.717) is 25.3 Å². The number of anilines is 1. The molecule has 0 saturated heterocycles. The molecule has 1 N–H and O–H groups in total. The summed E-state index contributed by atoms with van der Waals surface area (Å²) < 4.78 is 31.2. The van der Waals surface area contributed by atoms with Gasteiger partial charge in [-0.3, -0.25) is 9.10 Å². The van der Waals surface area contributed by atoms with Crippen molar-refractivity contribution in [2.75, 3.05) is 30.3 Å². The maximum absolute atomic E-state index is 12.1. The van der Waals surface area contributed by atoms with E-state index in [-0.39, 0.29) is 18.9 Å². The normalized spacial score (nSPS) is 11.1. The number of sulfonamides is 1. The zero-order chi connectivity index (χ0) is 21.3. The Hall–Kier alpha value is -2.54. The molecular weight excluding hydrogens is 388 g/mol. The molecule has 0 unspecified atom stereocenters. The lowest BCUT2D eigenvalue weighted by Crippen LogP contribution is -2.33. The number of carbonyl (C=O) groups is 1. The fraction of sp³-hybridized carbons (Fsp3) is 0.409. The van der Waals surface area contributed by atoms with Crippen LogP contribution in [0.4, 0.5) is 5.69 Å². The van der Waals surface area contributed by atoms with Crippen LogP contribution in [0.3, 0.4) is 0 Å². The van der Waals surface area contributed by atoms with Crippen molar-refractivity contribution in [1.82, 2.24) is 5.32 Å². The van der Waals surface area contributed by atoms with E-state index in [2.05, 4.69) is 12.2 Å². The molecule has 0 aliphatic heterocycles. The summed E-state index contributed by atoms with van der Waals surface area (Å²) in [6.45, 7) is 5.06. The maximum atomic E-state index is 12.1. The van der Waals surface area contributed by atoms with E-state index in [4.69, 9.17) is 4.74 Å². The average molecular weight is 419 g/mol. The topological polar surface area (TPSA) is 75.7 Å². The largest absolute Gasteiger partial charge is 0.492 e. The van der Waals surface area contributed by atoms with Gasteiger partial charge in [-0.2, -0.15) is 0 Å². The van der Waals surface area contributed by atoms with E-state index in [1.165, 1.54) is 16.1 Å². The van der Waals surface area contributed by atoms with E-state index in [1.54, 1.807) is 6.07 Å². The summed E-state index contributed by atoms with van der Waals surface area (Å²) in [5.41, 5.74) is 2.85. The number of nitrogens with zero attached hydrogens (tertiary/aromatic N) is 1. The second-order valence-electron chi connectivity index (χ2n) is 6.97. The Kier molecular flexibility index (Phi) is 8.51. The molecule has 2 rings (SSSR count). The van der Waals surface area contributed by atoms with Gasteiger partial charge in [0.15, 0.2) is 0 Å². The number of nitrogens with one attached hydrogen (secondary N) is 1. The SMILES string of the molecule is CCc1ccc(OCCNC(=O)CCCN(c2cccc(C)c2)S(C)(=O)=O)cc1. The van der Waals surface area contributed by atoms with Gasteiger partial charge in [-0.25, -0.2) is 8.42 Å². The van der Waals surface area contributed by atoms with Crippen LogP contribution < -0.4 is 14.4 Å². The lowest BCUT2D eigenvalue weighted by Gasteiger charge is -2.22. The van der Waals surface area contributed by atoms with Crippen LogP contribution >= 0.6 is 0 Å². The molecule has 2 aromatic rings. The molecule has 0 atom stereocenters. The number of hydrogen-bond acceptors (Lipinski definition) is 4. The first-order valence-electron chi connectivity index (χ1n) is 9.82. The molecule has 0 aliphatic carbocycles. The summed E-state index contributed by atoms with van der Waals surface area (Å²) in [6, 6.07) is 15.2. The Labute approximate surface area is 173 Å². The van der Waals surface area contributed by atoms with Gasteiger partial charge in [0.25, 0.3) is 0 Å². The van der Waals surface area contributed by atoms with Crippen LogP contribution in [0.5, 0.6) is 5.75 Å². The van der Waals surface area contributed by atoms with Crippen molar-refractivity contribution in [3.8, 4) is 5.75 Å². The smallest absolute Gasteiger partial charge is 0.232 e. The van der Waals surface area contributed by atoms with Crippen molar-refractivity contribution in [3.63, 3.8) is 0 Å². The van der Waals surface area contributed by atoms with Gasteiger partial charge < -0.3 is 10.1 Å². The molecule has 158 valence electrons. The lowest BCUT2D eigenvalue weighted by molar-refractivity contribution is -0.121. The minimum Gasteiger partial charge on any atom is -0.492 e. The second kappa shape index (κ2) is 10.9. The monoisotopic (exact) mass is 418 g/mol. The molecule has 0 fully saturated rings. The van der Waals surface area contributed by atoms with Gasteiger partial charge >= 0.3 is 0 Å². The minimum absolute atomic E-state index is 0.118. The molecule has 6 nitrogen and oxygen atoms in total. The number of aryl methyl sites for hydroxylation is 2. The standard InChI is InChI=1S/C22H30N2O4S/c1-4-19-10-12-21(13-11-19)28-16-14-23-22(25)9-6-15-24(29(3,26)27)20-8-5-7-18(2)17-20/h5,7-8,10-13,17H,4,6,9,14-16H2,1-3H3,(H,23,25). The third kappa shape index (κ3) is 7.77. The van der Waals surface area contributed by atoms with Gasteiger partial charge in [-0.15, -0.1) is 0 Å². The maximum Gasteiger partial charge on any atom is 0.232 e. The minimum atomic E-state index is -3.41. The molecule has 2 aromatic carbocycles. The van der Waals surface area contributed by atoms with Crippen molar-refractivity contribution in [2.45, 2.75) is 33.1 Å². The first-order chi connectivity index (χ1) is 13.8. The fourth-order valence-electron chi connectivity index (χ4n) is 2.92. The number of hydrogen-bond donors (Lipinski definition) is 1. The Balaban J connectivity index is 1.73. The van der Waals surface area contributed by atoms with Crippen LogP contribution in [0.2, 0.25) is 0 Å². The second-order valence-corrected chi connectivity index (χ2v) is 8.88. The summed E-state index contributed by atoms with van der Waals surface area (Å²) in [7, 11) is -3.41. The molecule has 0 saturated carbocycles. The number of benzene rings is 2. The van der Waals surface area contributed by atoms with Crippen LogP contribution in [-0.2, 0) is 21.2 Å². The van der Waals surface area contributed by atoms with E-state index >= 15 is 0 Å².